The van der Waals surface area contributed by atoms with Crippen LogP contribution in [-0.4, -0.2) is 52.1 Å². The lowest BCUT2D eigenvalue weighted by atomic mass is 9.92. The van der Waals surface area contributed by atoms with E-state index in [0.29, 0.717) is 11.6 Å². The topological polar surface area (TPSA) is 69.6 Å². The maximum atomic E-state index is 11.7. The molecule has 1 saturated heterocycles. The number of nitrogens with zero attached hydrogens (tertiary/aromatic N) is 1. The number of hydrogen-bond donors (Lipinski definition) is 2. The van der Waals surface area contributed by atoms with Gasteiger partial charge in [0.2, 0.25) is 11.8 Å². The number of amides is 2. The lowest BCUT2D eigenvalue weighted by molar-refractivity contribution is -0.133. The highest BCUT2D eigenvalue weighted by Gasteiger charge is 2.27. The van der Waals surface area contributed by atoms with E-state index < -0.39 is 6.10 Å². The third-order valence-corrected chi connectivity index (χ3v) is 4.18. The lowest BCUT2D eigenvalue weighted by Gasteiger charge is -2.29. The first-order valence-electron chi connectivity index (χ1n) is 6.00. The average molecular weight is 258 g/mol. The second-order valence-electron chi connectivity index (χ2n) is 4.60. The largest absolute Gasteiger partial charge is 0.391 e. The van der Waals surface area contributed by atoms with Crippen molar-refractivity contribution in [2.45, 2.75) is 37.8 Å². The van der Waals surface area contributed by atoms with E-state index in [1.54, 1.807) is 4.90 Å². The molecule has 2 unspecified atom stereocenters. The molecule has 0 bridgehead atoms. The fourth-order valence-electron chi connectivity index (χ4n) is 2.25. The molecule has 2 aliphatic rings. The van der Waals surface area contributed by atoms with Gasteiger partial charge in [0.05, 0.1) is 23.8 Å². The van der Waals surface area contributed by atoms with Crippen LogP contribution >= 0.6 is 11.8 Å². The minimum Gasteiger partial charge on any atom is -0.391 e. The predicted molar refractivity (Wildman–Crippen MR) is 65.4 cm³/mol. The lowest BCUT2D eigenvalue weighted by Crippen LogP contribution is -2.48. The van der Waals surface area contributed by atoms with Crippen LogP contribution in [0.3, 0.4) is 0 Å². The molecule has 1 heterocycles. The van der Waals surface area contributed by atoms with Crippen LogP contribution in [0, 0.1) is 0 Å². The Morgan fingerprint density at radius 1 is 1.47 bits per heavy atom. The summed E-state index contributed by atoms with van der Waals surface area (Å²) in [6.45, 7) is 0.120. The third-order valence-electron chi connectivity index (χ3n) is 3.24. The van der Waals surface area contributed by atoms with Crippen molar-refractivity contribution in [2.24, 2.45) is 0 Å². The molecule has 2 amide bonds. The molecule has 17 heavy (non-hydrogen) atoms. The zero-order valence-corrected chi connectivity index (χ0v) is 10.5. The van der Waals surface area contributed by atoms with Crippen LogP contribution in [-0.2, 0) is 9.59 Å². The number of rotatable bonds is 3. The van der Waals surface area contributed by atoms with E-state index in [1.165, 1.54) is 11.8 Å². The van der Waals surface area contributed by atoms with Gasteiger partial charge in [-0.25, -0.2) is 0 Å². The smallest absolute Gasteiger partial charge is 0.239 e. The maximum absolute atomic E-state index is 11.7. The third kappa shape index (κ3) is 3.35. The standard InChI is InChI=1S/C11H18N2O3S/c14-9-4-2-1-3-8(9)12-10(15)5-13-7-17-6-11(13)16/h8-9,14H,1-7H2,(H,12,15). The average Bonchev–Trinajstić information content (AvgIpc) is 2.68. The summed E-state index contributed by atoms with van der Waals surface area (Å²) in [7, 11) is 0. The van der Waals surface area contributed by atoms with Gasteiger partial charge in [-0.2, -0.15) is 0 Å². The van der Waals surface area contributed by atoms with Gasteiger partial charge in [-0.15, -0.1) is 11.8 Å². The number of aliphatic hydroxyl groups is 1. The van der Waals surface area contributed by atoms with Crippen molar-refractivity contribution < 1.29 is 14.7 Å². The van der Waals surface area contributed by atoms with Crippen molar-refractivity contribution in [3.63, 3.8) is 0 Å². The second-order valence-corrected chi connectivity index (χ2v) is 5.55. The molecule has 1 aliphatic carbocycles. The maximum Gasteiger partial charge on any atom is 0.239 e. The van der Waals surface area contributed by atoms with Crippen LogP contribution in [0.5, 0.6) is 0 Å². The summed E-state index contributed by atoms with van der Waals surface area (Å²) < 4.78 is 0. The first kappa shape index (κ1) is 12.7. The Bertz CT molecular complexity index is 311. The Labute approximate surface area is 105 Å². The highest BCUT2D eigenvalue weighted by Crippen LogP contribution is 2.18. The Hall–Kier alpha value is -0.750. The molecule has 0 aromatic heterocycles. The van der Waals surface area contributed by atoms with Gasteiger partial charge in [-0.05, 0) is 12.8 Å². The highest BCUT2D eigenvalue weighted by atomic mass is 32.2. The summed E-state index contributed by atoms with van der Waals surface area (Å²) >= 11 is 1.53. The molecular formula is C11H18N2O3S. The summed E-state index contributed by atoms with van der Waals surface area (Å²) in [5, 5.41) is 12.6. The Balaban J connectivity index is 1.78. The molecule has 0 aromatic carbocycles. The molecule has 5 nitrogen and oxygen atoms in total. The molecule has 2 fully saturated rings. The van der Waals surface area contributed by atoms with Crippen molar-refractivity contribution in [2.75, 3.05) is 18.2 Å². The summed E-state index contributed by atoms with van der Waals surface area (Å²) in [5.41, 5.74) is 0. The molecule has 1 aliphatic heterocycles. The summed E-state index contributed by atoms with van der Waals surface area (Å²) in [6.07, 6.45) is 3.21. The normalized spacial score (nSPS) is 29.5. The van der Waals surface area contributed by atoms with Crippen molar-refractivity contribution in [1.82, 2.24) is 10.2 Å². The number of nitrogens with one attached hydrogen (secondary N) is 1. The van der Waals surface area contributed by atoms with E-state index in [9.17, 15) is 14.7 Å². The zero-order chi connectivity index (χ0) is 12.3. The number of hydrogen-bond acceptors (Lipinski definition) is 4. The summed E-state index contributed by atoms with van der Waals surface area (Å²) in [6, 6.07) is -0.137. The van der Waals surface area contributed by atoms with Crippen molar-refractivity contribution >= 4 is 23.6 Å². The van der Waals surface area contributed by atoms with Gasteiger partial charge in [-0.3, -0.25) is 9.59 Å². The molecule has 2 rings (SSSR count). The van der Waals surface area contributed by atoms with Crippen LogP contribution in [0.2, 0.25) is 0 Å². The summed E-state index contributed by atoms with van der Waals surface area (Å²) in [5.74, 6) is 0.930. The van der Waals surface area contributed by atoms with Crippen LogP contribution in [0.4, 0.5) is 0 Å². The van der Waals surface area contributed by atoms with Crippen LogP contribution in [0.15, 0.2) is 0 Å². The van der Waals surface area contributed by atoms with Crippen LogP contribution in [0.25, 0.3) is 0 Å². The van der Waals surface area contributed by atoms with Crippen molar-refractivity contribution in [3.05, 3.63) is 0 Å². The van der Waals surface area contributed by atoms with E-state index in [-0.39, 0.29) is 24.4 Å². The Kier molecular flexibility index (Phi) is 4.28. The molecule has 6 heteroatoms. The van der Waals surface area contributed by atoms with Gasteiger partial charge in [0.15, 0.2) is 0 Å². The summed E-state index contributed by atoms with van der Waals surface area (Å²) in [4.78, 5) is 24.6. The second kappa shape index (κ2) is 5.73. The quantitative estimate of drug-likeness (QED) is 0.744. The molecule has 0 aromatic rings. The van der Waals surface area contributed by atoms with Gasteiger partial charge in [0.25, 0.3) is 0 Å². The van der Waals surface area contributed by atoms with E-state index >= 15 is 0 Å². The Morgan fingerprint density at radius 2 is 2.24 bits per heavy atom. The minimum absolute atomic E-state index is 0.0225. The van der Waals surface area contributed by atoms with E-state index in [0.717, 1.165) is 25.7 Å². The van der Waals surface area contributed by atoms with Crippen molar-refractivity contribution in [3.8, 4) is 0 Å². The zero-order valence-electron chi connectivity index (χ0n) is 9.72. The van der Waals surface area contributed by atoms with Gasteiger partial charge >= 0.3 is 0 Å². The molecule has 96 valence electrons. The monoisotopic (exact) mass is 258 g/mol. The number of carbonyl (C=O) groups is 2. The highest BCUT2D eigenvalue weighted by molar-refractivity contribution is 8.00. The van der Waals surface area contributed by atoms with Crippen LogP contribution < -0.4 is 5.32 Å². The van der Waals surface area contributed by atoms with Gasteiger partial charge < -0.3 is 15.3 Å². The van der Waals surface area contributed by atoms with E-state index in [4.69, 9.17) is 0 Å². The number of aliphatic hydroxyl groups excluding tert-OH is 1. The van der Waals surface area contributed by atoms with E-state index in [2.05, 4.69) is 5.32 Å². The Morgan fingerprint density at radius 3 is 2.88 bits per heavy atom. The molecule has 2 N–H and O–H groups in total. The molecule has 0 spiro atoms. The number of thioether (sulfide) groups is 1. The van der Waals surface area contributed by atoms with Gasteiger partial charge in [0, 0.05) is 0 Å². The van der Waals surface area contributed by atoms with Crippen molar-refractivity contribution in [1.29, 1.82) is 0 Å². The first-order valence-corrected chi connectivity index (χ1v) is 7.15. The number of carbonyl (C=O) groups excluding carboxylic acids is 2. The van der Waals surface area contributed by atoms with E-state index in [1.807, 2.05) is 0 Å². The minimum atomic E-state index is -0.434. The van der Waals surface area contributed by atoms with Crippen LogP contribution in [0.1, 0.15) is 25.7 Å². The molecular weight excluding hydrogens is 240 g/mol. The SMILES string of the molecule is O=C(CN1CSCC1=O)NC1CCCCC1O. The van der Waals surface area contributed by atoms with Gasteiger partial charge in [-0.1, -0.05) is 12.8 Å². The fraction of sp³-hybridized carbons (Fsp3) is 0.818. The fourth-order valence-corrected chi connectivity index (χ4v) is 3.15. The van der Waals surface area contributed by atoms with Gasteiger partial charge in [0.1, 0.15) is 6.54 Å². The molecule has 2 atom stereocenters. The predicted octanol–water partition coefficient (Wildman–Crippen LogP) is -0.0610. The molecule has 1 saturated carbocycles. The first-order chi connectivity index (χ1) is 8.16. The molecule has 0 radical (unpaired) electrons.